The summed E-state index contributed by atoms with van der Waals surface area (Å²) < 4.78 is 64.7. The second-order valence-electron chi connectivity index (χ2n) is 7.62. The van der Waals surface area contributed by atoms with Gasteiger partial charge in [-0.25, -0.2) is 13.8 Å². The minimum Gasteiger partial charge on any atom is -0.353 e. The number of nitrogens with one attached hydrogen (secondary N) is 3. The Bertz CT molecular complexity index is 509. The van der Waals surface area contributed by atoms with Crippen LogP contribution < -0.4 is 16.1 Å². The first-order chi connectivity index (χ1) is 12.2. The van der Waals surface area contributed by atoms with Crippen LogP contribution in [0, 0.1) is 11.8 Å². The van der Waals surface area contributed by atoms with Gasteiger partial charge in [0.15, 0.2) is 0 Å². The highest BCUT2D eigenvalue weighted by Gasteiger charge is 2.48. The Morgan fingerprint density at radius 1 is 1.19 bits per heavy atom. The molecular formula is C16H25F5N4O. The van der Waals surface area contributed by atoms with Gasteiger partial charge < -0.3 is 5.32 Å². The Kier molecular flexibility index (Phi) is 5.74. The van der Waals surface area contributed by atoms with Crippen molar-refractivity contribution in [1.82, 2.24) is 21.1 Å². The molecule has 10 heteroatoms. The average Bonchev–Trinajstić information content (AvgIpc) is 2.97. The number of halogens is 5. The lowest BCUT2D eigenvalue weighted by Crippen LogP contribution is -2.63. The molecule has 2 saturated heterocycles. The molecule has 0 aromatic carbocycles. The molecule has 0 aromatic heterocycles. The molecule has 2 aliphatic heterocycles. The third kappa shape index (κ3) is 4.12. The molecule has 4 unspecified atom stereocenters. The Morgan fingerprint density at radius 2 is 1.85 bits per heavy atom. The summed E-state index contributed by atoms with van der Waals surface area (Å²) in [5, 5.41) is 7.43. The predicted octanol–water partition coefficient (Wildman–Crippen LogP) is 2.00. The van der Waals surface area contributed by atoms with Crippen LogP contribution in [0.3, 0.4) is 0 Å². The zero-order chi connectivity index (χ0) is 19.1. The van der Waals surface area contributed by atoms with Crippen LogP contribution in [-0.4, -0.2) is 54.4 Å². The van der Waals surface area contributed by atoms with Crippen molar-refractivity contribution in [3.63, 3.8) is 0 Å². The Morgan fingerprint density at radius 3 is 2.42 bits per heavy atom. The van der Waals surface area contributed by atoms with Crippen molar-refractivity contribution in [3.8, 4) is 0 Å². The molecule has 3 aliphatic rings. The third-order valence-electron chi connectivity index (χ3n) is 5.75. The van der Waals surface area contributed by atoms with Crippen molar-refractivity contribution in [2.75, 3.05) is 6.54 Å². The van der Waals surface area contributed by atoms with Gasteiger partial charge in [-0.15, -0.1) is 0 Å². The first-order valence-corrected chi connectivity index (χ1v) is 9.10. The normalized spacial score (nSPS) is 39.0. The molecule has 0 bridgehead atoms. The van der Waals surface area contributed by atoms with Gasteiger partial charge in [0.25, 0.3) is 6.43 Å². The molecule has 1 aliphatic carbocycles. The van der Waals surface area contributed by atoms with E-state index in [-0.39, 0.29) is 56.6 Å². The van der Waals surface area contributed by atoms with E-state index in [2.05, 4.69) is 16.1 Å². The Hall–Kier alpha value is -1.00. The Labute approximate surface area is 149 Å². The molecule has 1 amide bonds. The van der Waals surface area contributed by atoms with Crippen LogP contribution in [-0.2, 0) is 4.79 Å². The largest absolute Gasteiger partial charge is 0.391 e. The van der Waals surface area contributed by atoms with E-state index in [9.17, 15) is 26.7 Å². The fraction of sp³-hybridized carbons (Fsp3) is 0.938. The third-order valence-corrected chi connectivity index (χ3v) is 5.75. The number of carbonyl (C=O) groups is 1. The molecule has 0 spiro atoms. The van der Waals surface area contributed by atoms with E-state index in [4.69, 9.17) is 0 Å². The summed E-state index contributed by atoms with van der Waals surface area (Å²) in [6.07, 6.45) is -6.38. The van der Waals surface area contributed by atoms with Crippen LogP contribution in [0.4, 0.5) is 22.0 Å². The van der Waals surface area contributed by atoms with Gasteiger partial charge in [-0.3, -0.25) is 15.5 Å². The monoisotopic (exact) mass is 384 g/mol. The molecule has 26 heavy (non-hydrogen) atoms. The van der Waals surface area contributed by atoms with Gasteiger partial charge in [0.2, 0.25) is 5.91 Å². The van der Waals surface area contributed by atoms with E-state index in [0.29, 0.717) is 0 Å². The quantitative estimate of drug-likeness (QED) is 0.652. The molecule has 4 atom stereocenters. The van der Waals surface area contributed by atoms with Crippen LogP contribution in [0.15, 0.2) is 0 Å². The first-order valence-electron chi connectivity index (χ1n) is 9.10. The molecule has 0 radical (unpaired) electrons. The number of alkyl halides is 5. The van der Waals surface area contributed by atoms with Crippen LogP contribution in [0.2, 0.25) is 0 Å². The zero-order valence-corrected chi connectivity index (χ0v) is 14.5. The van der Waals surface area contributed by atoms with E-state index < -0.39 is 36.6 Å². The van der Waals surface area contributed by atoms with Gasteiger partial charge in [0.05, 0.1) is 24.0 Å². The molecule has 5 nitrogen and oxygen atoms in total. The SMILES string of the molecule is CC1CC(C(F)F)N2NCC(C(=O)NC3CCC(C(F)(F)F)CC3)C2N1. The summed E-state index contributed by atoms with van der Waals surface area (Å²) in [4.78, 5) is 12.6. The lowest BCUT2D eigenvalue weighted by atomic mass is 9.85. The number of carbonyl (C=O) groups excluding carboxylic acids is 1. The van der Waals surface area contributed by atoms with Gasteiger partial charge in [0, 0.05) is 18.6 Å². The topological polar surface area (TPSA) is 56.4 Å². The highest BCUT2D eigenvalue weighted by atomic mass is 19.4. The number of fused-ring (bicyclic) bond motifs is 1. The Balaban J connectivity index is 1.56. The predicted molar refractivity (Wildman–Crippen MR) is 84.1 cm³/mol. The molecule has 3 rings (SSSR count). The molecule has 0 aromatic rings. The molecule has 3 fully saturated rings. The first kappa shape index (κ1) is 19.8. The number of hydrogen-bond donors (Lipinski definition) is 3. The van der Waals surface area contributed by atoms with Gasteiger partial charge in [-0.1, -0.05) is 0 Å². The summed E-state index contributed by atoms with van der Waals surface area (Å²) >= 11 is 0. The number of nitrogens with zero attached hydrogens (tertiary/aromatic N) is 1. The van der Waals surface area contributed by atoms with E-state index >= 15 is 0 Å². The van der Waals surface area contributed by atoms with Crippen molar-refractivity contribution >= 4 is 5.91 Å². The average molecular weight is 384 g/mol. The van der Waals surface area contributed by atoms with Crippen molar-refractivity contribution in [2.24, 2.45) is 11.8 Å². The highest BCUT2D eigenvalue weighted by molar-refractivity contribution is 5.80. The maximum atomic E-state index is 13.3. The van der Waals surface area contributed by atoms with Gasteiger partial charge in [-0.05, 0) is 39.0 Å². The maximum Gasteiger partial charge on any atom is 0.391 e. The standard InChI is InChI=1S/C16H25F5N4O/c1-8-6-12(13(17)18)25-14(23-8)11(7-22-25)15(26)24-10-4-2-9(3-5-10)16(19,20)21/h8-14,22-23H,2-7H2,1H3,(H,24,26). The lowest BCUT2D eigenvalue weighted by Gasteiger charge is -2.41. The van der Waals surface area contributed by atoms with Crippen LogP contribution >= 0.6 is 0 Å². The van der Waals surface area contributed by atoms with E-state index in [1.165, 1.54) is 5.01 Å². The van der Waals surface area contributed by atoms with Gasteiger partial charge in [0.1, 0.15) is 0 Å². The van der Waals surface area contributed by atoms with Crippen molar-refractivity contribution < 1.29 is 26.7 Å². The van der Waals surface area contributed by atoms with E-state index in [1.54, 1.807) is 6.92 Å². The van der Waals surface area contributed by atoms with E-state index in [0.717, 1.165) is 0 Å². The second kappa shape index (κ2) is 7.55. The number of rotatable bonds is 3. The summed E-state index contributed by atoms with van der Waals surface area (Å²) in [5.41, 5.74) is 2.89. The fourth-order valence-electron chi connectivity index (χ4n) is 4.30. The molecular weight excluding hydrogens is 359 g/mol. The lowest BCUT2D eigenvalue weighted by molar-refractivity contribution is -0.182. The number of hydrogen-bond acceptors (Lipinski definition) is 4. The van der Waals surface area contributed by atoms with Gasteiger partial charge in [-0.2, -0.15) is 13.2 Å². The van der Waals surface area contributed by atoms with Crippen LogP contribution in [0.1, 0.15) is 39.0 Å². The molecule has 1 saturated carbocycles. The summed E-state index contributed by atoms with van der Waals surface area (Å²) in [6.45, 7) is 2.04. The molecule has 3 N–H and O–H groups in total. The van der Waals surface area contributed by atoms with Crippen molar-refractivity contribution in [2.45, 2.75) is 75.9 Å². The van der Waals surface area contributed by atoms with Crippen LogP contribution in [0.5, 0.6) is 0 Å². The number of amides is 1. The summed E-state index contributed by atoms with van der Waals surface area (Å²) in [6, 6.07) is -1.40. The van der Waals surface area contributed by atoms with Crippen molar-refractivity contribution in [3.05, 3.63) is 0 Å². The van der Waals surface area contributed by atoms with E-state index in [1.807, 2.05) is 0 Å². The highest BCUT2D eigenvalue weighted by Crippen LogP contribution is 2.37. The van der Waals surface area contributed by atoms with Crippen molar-refractivity contribution in [1.29, 1.82) is 0 Å². The zero-order valence-electron chi connectivity index (χ0n) is 14.5. The van der Waals surface area contributed by atoms with Crippen LogP contribution in [0.25, 0.3) is 0 Å². The van der Waals surface area contributed by atoms with Gasteiger partial charge >= 0.3 is 6.18 Å². The minimum atomic E-state index is -4.18. The molecule has 2 heterocycles. The minimum absolute atomic E-state index is 0.00958. The smallest absolute Gasteiger partial charge is 0.353 e. The fourth-order valence-corrected chi connectivity index (χ4v) is 4.30. The maximum absolute atomic E-state index is 13.3. The number of hydrazine groups is 1. The summed E-state index contributed by atoms with van der Waals surface area (Å²) in [5.74, 6) is -2.15. The second-order valence-corrected chi connectivity index (χ2v) is 7.62. The molecule has 150 valence electrons. The summed E-state index contributed by atoms with van der Waals surface area (Å²) in [7, 11) is 0.